The lowest BCUT2D eigenvalue weighted by Crippen LogP contribution is -2.50. The summed E-state index contributed by atoms with van der Waals surface area (Å²) in [5.74, 6) is 2.06. The van der Waals surface area contributed by atoms with Gasteiger partial charge >= 0.3 is 0 Å². The Morgan fingerprint density at radius 3 is 2.70 bits per heavy atom. The zero-order chi connectivity index (χ0) is 21.3. The van der Waals surface area contributed by atoms with Crippen LogP contribution in [0.3, 0.4) is 0 Å². The number of Topliss-reactive ketones (excluding diaryl/α,β-unsaturated/α-hetero) is 1. The fourth-order valence-electron chi connectivity index (χ4n) is 7.47. The molecule has 3 fully saturated rings. The molecule has 4 aliphatic carbocycles. The van der Waals surface area contributed by atoms with Crippen molar-refractivity contribution in [2.75, 3.05) is 0 Å². The van der Waals surface area contributed by atoms with Gasteiger partial charge in [0.2, 0.25) is 0 Å². The van der Waals surface area contributed by atoms with Crippen molar-refractivity contribution in [3.63, 3.8) is 0 Å². The summed E-state index contributed by atoms with van der Waals surface area (Å²) < 4.78 is 1.96. The fourth-order valence-corrected chi connectivity index (χ4v) is 7.47. The number of carbonyl (C=O) groups excluding carboxylic acids is 1. The van der Waals surface area contributed by atoms with Crippen molar-refractivity contribution in [3.8, 4) is 0 Å². The number of carbonyl (C=O) groups is 1. The molecule has 0 saturated heterocycles. The SMILES string of the molecule is CCn1cc(/C=C2/C[C@H]3[C@H]4CC=C5C[C@H](O)CC[C@]5(C)[C@@H]4CC[C@]3(C)C2=O)c(C)n1. The molecule has 4 heteroatoms. The van der Waals surface area contributed by atoms with Crippen LogP contribution in [-0.2, 0) is 11.3 Å². The van der Waals surface area contributed by atoms with Gasteiger partial charge in [0.05, 0.1) is 11.8 Å². The average Bonchev–Trinajstić information content (AvgIpc) is 3.20. The van der Waals surface area contributed by atoms with E-state index in [0.717, 1.165) is 68.3 Å². The van der Waals surface area contributed by atoms with Crippen molar-refractivity contribution < 1.29 is 9.90 Å². The van der Waals surface area contributed by atoms with Gasteiger partial charge in [-0.25, -0.2) is 0 Å². The van der Waals surface area contributed by atoms with Crippen molar-refractivity contribution in [2.45, 2.75) is 85.3 Å². The number of aryl methyl sites for hydroxylation is 2. The number of aliphatic hydroxyl groups excluding tert-OH is 1. The first-order valence-electron chi connectivity index (χ1n) is 11.9. The number of hydrogen-bond acceptors (Lipinski definition) is 3. The molecule has 1 N–H and O–H groups in total. The highest BCUT2D eigenvalue weighted by Crippen LogP contribution is 2.64. The largest absolute Gasteiger partial charge is 0.393 e. The minimum absolute atomic E-state index is 0.162. The van der Waals surface area contributed by atoms with E-state index in [4.69, 9.17) is 0 Å². The van der Waals surface area contributed by atoms with Gasteiger partial charge < -0.3 is 5.11 Å². The number of hydrogen-bond donors (Lipinski definition) is 1. The summed E-state index contributed by atoms with van der Waals surface area (Å²) in [5, 5.41) is 14.8. The Bertz CT molecular complexity index is 941. The van der Waals surface area contributed by atoms with Gasteiger partial charge in [-0.05, 0) is 93.6 Å². The van der Waals surface area contributed by atoms with E-state index in [0.29, 0.717) is 23.5 Å². The first-order valence-corrected chi connectivity index (χ1v) is 11.9. The Balaban J connectivity index is 1.48. The smallest absolute Gasteiger partial charge is 0.165 e. The highest BCUT2D eigenvalue weighted by Gasteiger charge is 2.59. The molecular weight excluding hydrogens is 372 g/mol. The number of rotatable bonds is 2. The van der Waals surface area contributed by atoms with Crippen LogP contribution in [0.4, 0.5) is 0 Å². The predicted molar refractivity (Wildman–Crippen MR) is 119 cm³/mol. The molecule has 1 aromatic heterocycles. The molecular formula is C26H36N2O2. The van der Waals surface area contributed by atoms with Gasteiger partial charge in [0, 0.05) is 23.7 Å². The second kappa shape index (κ2) is 6.91. The number of ketones is 1. The molecule has 162 valence electrons. The summed E-state index contributed by atoms with van der Waals surface area (Å²) in [7, 11) is 0. The molecule has 30 heavy (non-hydrogen) atoms. The molecule has 0 spiro atoms. The quantitative estimate of drug-likeness (QED) is 0.547. The van der Waals surface area contributed by atoms with Crippen LogP contribution in [0.1, 0.15) is 77.0 Å². The molecule has 0 unspecified atom stereocenters. The summed E-state index contributed by atoms with van der Waals surface area (Å²) in [6.07, 6.45) is 13.5. The molecule has 0 aliphatic heterocycles. The Morgan fingerprint density at radius 1 is 1.20 bits per heavy atom. The van der Waals surface area contributed by atoms with Crippen molar-refractivity contribution in [3.05, 3.63) is 34.7 Å². The normalized spacial score (nSPS) is 42.0. The standard InChI is InChI=1S/C26H36N2O2/c1-5-28-15-18(16(2)27-28)12-17-13-23-21-7-6-19-14-20(29)8-10-25(19,3)22(21)9-11-26(23,4)24(17)30/h6,12,15,20-23,29H,5,7-11,13-14H2,1-4H3/b17-12-/t20-,21+,22-,23+,25+,26+/m1/s1. The Labute approximate surface area is 180 Å². The van der Waals surface area contributed by atoms with Crippen LogP contribution in [0.2, 0.25) is 0 Å². The third kappa shape index (κ3) is 2.82. The van der Waals surface area contributed by atoms with Gasteiger partial charge in [-0.1, -0.05) is 25.5 Å². The third-order valence-corrected chi connectivity index (χ3v) is 9.36. The lowest BCUT2D eigenvalue weighted by molar-refractivity contribution is -0.130. The maximum Gasteiger partial charge on any atom is 0.165 e. The minimum Gasteiger partial charge on any atom is -0.393 e. The zero-order valence-corrected chi connectivity index (χ0v) is 18.9. The minimum atomic E-state index is -0.211. The molecule has 0 amide bonds. The number of aromatic nitrogens is 2. The molecule has 4 aliphatic rings. The van der Waals surface area contributed by atoms with E-state index in [-0.39, 0.29) is 16.9 Å². The summed E-state index contributed by atoms with van der Waals surface area (Å²) in [6.45, 7) is 9.67. The molecule has 0 bridgehead atoms. The van der Waals surface area contributed by atoms with Crippen LogP contribution in [0.5, 0.6) is 0 Å². The van der Waals surface area contributed by atoms with E-state index in [1.54, 1.807) is 0 Å². The van der Waals surface area contributed by atoms with E-state index >= 15 is 0 Å². The molecule has 1 heterocycles. The van der Waals surface area contributed by atoms with Crippen LogP contribution in [0.25, 0.3) is 6.08 Å². The van der Waals surface area contributed by atoms with Crippen molar-refractivity contribution >= 4 is 11.9 Å². The van der Waals surface area contributed by atoms with Gasteiger partial charge in [-0.15, -0.1) is 0 Å². The molecule has 5 rings (SSSR count). The number of fused-ring (bicyclic) bond motifs is 5. The molecule has 0 radical (unpaired) electrons. The number of aliphatic hydroxyl groups is 1. The van der Waals surface area contributed by atoms with Crippen LogP contribution in [0, 0.1) is 35.5 Å². The zero-order valence-electron chi connectivity index (χ0n) is 18.9. The fraction of sp³-hybridized carbons (Fsp3) is 0.692. The highest BCUT2D eigenvalue weighted by atomic mass is 16.3. The number of allylic oxidation sites excluding steroid dienone is 2. The van der Waals surface area contributed by atoms with Crippen LogP contribution >= 0.6 is 0 Å². The summed E-state index contributed by atoms with van der Waals surface area (Å²) in [6, 6.07) is 0. The maximum absolute atomic E-state index is 13.6. The first kappa shape index (κ1) is 20.2. The molecule has 4 nitrogen and oxygen atoms in total. The van der Waals surface area contributed by atoms with Gasteiger partial charge in [0.25, 0.3) is 0 Å². The Hall–Kier alpha value is -1.68. The second-order valence-corrected chi connectivity index (χ2v) is 10.8. The summed E-state index contributed by atoms with van der Waals surface area (Å²) >= 11 is 0. The molecule has 1 aromatic rings. The van der Waals surface area contributed by atoms with Gasteiger partial charge in [0.15, 0.2) is 5.78 Å². The van der Waals surface area contributed by atoms with Crippen LogP contribution < -0.4 is 0 Å². The summed E-state index contributed by atoms with van der Waals surface area (Å²) in [4.78, 5) is 13.6. The second-order valence-electron chi connectivity index (χ2n) is 10.8. The lowest BCUT2D eigenvalue weighted by atomic mass is 9.48. The van der Waals surface area contributed by atoms with Crippen LogP contribution in [-0.4, -0.2) is 26.8 Å². The van der Waals surface area contributed by atoms with Gasteiger partial charge in [-0.3, -0.25) is 9.48 Å². The van der Waals surface area contributed by atoms with Crippen molar-refractivity contribution in [1.29, 1.82) is 0 Å². The van der Waals surface area contributed by atoms with Gasteiger partial charge in [0.1, 0.15) is 0 Å². The van der Waals surface area contributed by atoms with Crippen molar-refractivity contribution in [2.24, 2.45) is 28.6 Å². The Morgan fingerprint density at radius 2 is 1.97 bits per heavy atom. The molecule has 0 aromatic carbocycles. The summed E-state index contributed by atoms with van der Waals surface area (Å²) in [5.41, 5.74) is 4.62. The van der Waals surface area contributed by atoms with E-state index in [1.807, 2.05) is 11.6 Å². The van der Waals surface area contributed by atoms with E-state index in [1.165, 1.54) is 5.57 Å². The maximum atomic E-state index is 13.6. The van der Waals surface area contributed by atoms with Crippen molar-refractivity contribution in [1.82, 2.24) is 9.78 Å². The Kier molecular flexibility index (Phi) is 4.66. The monoisotopic (exact) mass is 408 g/mol. The highest BCUT2D eigenvalue weighted by molar-refractivity contribution is 6.06. The molecule has 6 atom stereocenters. The van der Waals surface area contributed by atoms with Crippen LogP contribution in [0.15, 0.2) is 23.4 Å². The third-order valence-electron chi connectivity index (χ3n) is 9.36. The topological polar surface area (TPSA) is 55.1 Å². The number of nitrogens with zero attached hydrogens (tertiary/aromatic N) is 2. The van der Waals surface area contributed by atoms with E-state index in [9.17, 15) is 9.90 Å². The van der Waals surface area contributed by atoms with Gasteiger partial charge in [-0.2, -0.15) is 5.10 Å². The lowest BCUT2D eigenvalue weighted by Gasteiger charge is -2.56. The predicted octanol–water partition coefficient (Wildman–Crippen LogP) is 5.10. The first-order chi connectivity index (χ1) is 14.3. The van der Waals surface area contributed by atoms with E-state index < -0.39 is 0 Å². The van der Waals surface area contributed by atoms with E-state index in [2.05, 4.69) is 44.2 Å². The average molecular weight is 409 g/mol. The molecule has 3 saturated carbocycles.